The van der Waals surface area contributed by atoms with Gasteiger partial charge in [-0.1, -0.05) is 62.4 Å². The Morgan fingerprint density at radius 3 is 2.43 bits per heavy atom. The minimum absolute atomic E-state index is 0.386. The maximum absolute atomic E-state index is 12.7. The summed E-state index contributed by atoms with van der Waals surface area (Å²) in [5, 5.41) is 7.83. The molecule has 3 N–H and O–H groups in total. The lowest BCUT2D eigenvalue weighted by Gasteiger charge is -2.26. The Bertz CT molecular complexity index is 598. The normalized spacial score (nSPS) is 17.6. The third-order valence-electron chi connectivity index (χ3n) is 4.38. The van der Waals surface area contributed by atoms with Gasteiger partial charge in [0.15, 0.2) is 0 Å². The number of nitrogens with one attached hydrogen (secondary N) is 2. The summed E-state index contributed by atoms with van der Waals surface area (Å²) in [6.07, 6.45) is 6.17. The van der Waals surface area contributed by atoms with Crippen LogP contribution in [0.3, 0.4) is 0 Å². The minimum Gasteiger partial charge on any atom is -0.289 e. The SMILES string of the molecule is O=C(CNS(=O)(=O)C(CC1CCCCC1)c1ccccc1)NO. The lowest BCUT2D eigenvalue weighted by molar-refractivity contribution is -0.127. The highest BCUT2D eigenvalue weighted by Crippen LogP contribution is 2.35. The Kier molecular flexibility index (Phi) is 6.56. The first-order chi connectivity index (χ1) is 11.0. The van der Waals surface area contributed by atoms with Crippen LogP contribution in [0.4, 0.5) is 0 Å². The molecule has 1 atom stereocenters. The van der Waals surface area contributed by atoms with E-state index in [1.165, 1.54) is 11.9 Å². The molecule has 1 unspecified atom stereocenters. The van der Waals surface area contributed by atoms with Crippen molar-refractivity contribution in [3.05, 3.63) is 35.9 Å². The second kappa shape index (κ2) is 8.42. The predicted octanol–water partition coefficient (Wildman–Crippen LogP) is 2.12. The summed E-state index contributed by atoms with van der Waals surface area (Å²) < 4.78 is 27.6. The standard InChI is InChI=1S/C16H24N2O4S/c19-16(18-20)12-17-23(21,22)15(14-9-5-2-6-10-14)11-13-7-3-1-4-8-13/h2,5-6,9-10,13,15,17,20H,1,3-4,7-8,11-12H2,(H,18,19). The van der Waals surface area contributed by atoms with E-state index in [1.807, 2.05) is 18.2 Å². The van der Waals surface area contributed by atoms with E-state index in [1.54, 1.807) is 12.1 Å². The zero-order chi connectivity index (χ0) is 16.7. The fourth-order valence-corrected chi connectivity index (χ4v) is 4.72. The van der Waals surface area contributed by atoms with Gasteiger partial charge in [0.25, 0.3) is 5.91 Å². The fraction of sp³-hybridized carbons (Fsp3) is 0.562. The molecule has 0 bridgehead atoms. The number of amides is 1. The van der Waals surface area contributed by atoms with Gasteiger partial charge in [0, 0.05) is 0 Å². The van der Waals surface area contributed by atoms with Gasteiger partial charge in [-0.15, -0.1) is 0 Å². The van der Waals surface area contributed by atoms with Gasteiger partial charge in [-0.3, -0.25) is 10.0 Å². The second-order valence-electron chi connectivity index (χ2n) is 6.04. The van der Waals surface area contributed by atoms with Crippen LogP contribution in [0.2, 0.25) is 0 Å². The van der Waals surface area contributed by atoms with E-state index >= 15 is 0 Å². The molecule has 1 amide bonds. The van der Waals surface area contributed by atoms with Gasteiger partial charge in [0.05, 0.1) is 6.54 Å². The van der Waals surface area contributed by atoms with Crippen LogP contribution in [0.15, 0.2) is 30.3 Å². The molecule has 1 aliphatic carbocycles. The average Bonchev–Trinajstić information content (AvgIpc) is 2.59. The van der Waals surface area contributed by atoms with Crippen LogP contribution in [-0.2, 0) is 14.8 Å². The molecule has 0 aliphatic heterocycles. The highest BCUT2D eigenvalue weighted by Gasteiger charge is 2.30. The van der Waals surface area contributed by atoms with Gasteiger partial charge >= 0.3 is 0 Å². The van der Waals surface area contributed by atoms with Crippen molar-refractivity contribution in [3.63, 3.8) is 0 Å². The van der Waals surface area contributed by atoms with Gasteiger partial charge in [-0.2, -0.15) is 0 Å². The number of carbonyl (C=O) groups excluding carboxylic acids is 1. The van der Waals surface area contributed by atoms with Gasteiger partial charge in [0.2, 0.25) is 10.0 Å². The molecule has 0 aromatic heterocycles. The molecule has 1 aliphatic rings. The molecule has 7 heteroatoms. The van der Waals surface area contributed by atoms with Crippen molar-refractivity contribution in [1.29, 1.82) is 0 Å². The number of benzene rings is 1. The first-order valence-electron chi connectivity index (χ1n) is 7.99. The van der Waals surface area contributed by atoms with Crippen LogP contribution in [0.5, 0.6) is 0 Å². The molecular weight excluding hydrogens is 316 g/mol. The monoisotopic (exact) mass is 340 g/mol. The molecule has 23 heavy (non-hydrogen) atoms. The molecule has 2 rings (SSSR count). The largest absolute Gasteiger partial charge is 0.289 e. The molecule has 128 valence electrons. The van der Waals surface area contributed by atoms with Crippen molar-refractivity contribution >= 4 is 15.9 Å². The second-order valence-corrected chi connectivity index (χ2v) is 7.99. The lowest BCUT2D eigenvalue weighted by Crippen LogP contribution is -2.38. The fourth-order valence-electron chi connectivity index (χ4n) is 3.14. The lowest BCUT2D eigenvalue weighted by atomic mass is 9.85. The van der Waals surface area contributed by atoms with Crippen LogP contribution in [-0.4, -0.2) is 26.1 Å². The van der Waals surface area contributed by atoms with Crippen LogP contribution < -0.4 is 10.2 Å². The molecule has 0 heterocycles. The van der Waals surface area contributed by atoms with Crippen LogP contribution in [0.1, 0.15) is 49.3 Å². The molecule has 0 radical (unpaired) electrons. The predicted molar refractivity (Wildman–Crippen MR) is 87.2 cm³/mol. The minimum atomic E-state index is -3.70. The summed E-state index contributed by atoms with van der Waals surface area (Å²) in [5.74, 6) is -0.393. The van der Waals surface area contributed by atoms with Gasteiger partial charge in [0.1, 0.15) is 5.25 Å². The van der Waals surface area contributed by atoms with E-state index in [0.717, 1.165) is 31.2 Å². The van der Waals surface area contributed by atoms with Gasteiger partial charge in [-0.05, 0) is 17.9 Å². The first-order valence-corrected chi connectivity index (χ1v) is 9.54. The van der Waals surface area contributed by atoms with Crippen molar-refractivity contribution in [2.24, 2.45) is 5.92 Å². The van der Waals surface area contributed by atoms with Crippen molar-refractivity contribution in [2.45, 2.75) is 43.8 Å². The molecular formula is C16H24N2O4S. The van der Waals surface area contributed by atoms with Gasteiger partial charge < -0.3 is 0 Å². The number of hydrogen-bond acceptors (Lipinski definition) is 4. The Hall–Kier alpha value is -1.44. The highest BCUT2D eigenvalue weighted by molar-refractivity contribution is 7.89. The molecule has 1 aromatic rings. The van der Waals surface area contributed by atoms with Crippen LogP contribution in [0.25, 0.3) is 0 Å². The average molecular weight is 340 g/mol. The molecule has 1 fully saturated rings. The Labute approximate surface area is 137 Å². The summed E-state index contributed by atoms with van der Waals surface area (Å²) in [5.41, 5.74) is 2.16. The third-order valence-corrected chi connectivity index (χ3v) is 6.14. The molecule has 0 saturated heterocycles. The third kappa shape index (κ3) is 5.30. The molecule has 1 saturated carbocycles. The van der Waals surface area contributed by atoms with E-state index in [9.17, 15) is 13.2 Å². The maximum atomic E-state index is 12.7. The van der Waals surface area contributed by atoms with Crippen molar-refractivity contribution in [3.8, 4) is 0 Å². The first kappa shape index (κ1) is 17.9. The Morgan fingerprint density at radius 1 is 1.17 bits per heavy atom. The summed E-state index contributed by atoms with van der Waals surface area (Å²) >= 11 is 0. The van der Waals surface area contributed by atoms with E-state index in [2.05, 4.69) is 4.72 Å². The van der Waals surface area contributed by atoms with Crippen LogP contribution in [0, 0.1) is 5.92 Å². The topological polar surface area (TPSA) is 95.5 Å². The van der Waals surface area contributed by atoms with E-state index in [4.69, 9.17) is 5.21 Å². The zero-order valence-electron chi connectivity index (χ0n) is 13.1. The molecule has 1 aromatic carbocycles. The number of hydrogen-bond donors (Lipinski definition) is 3. The van der Waals surface area contributed by atoms with E-state index < -0.39 is 27.7 Å². The van der Waals surface area contributed by atoms with Crippen molar-refractivity contribution in [1.82, 2.24) is 10.2 Å². The zero-order valence-corrected chi connectivity index (χ0v) is 13.9. The van der Waals surface area contributed by atoms with Gasteiger partial charge in [-0.25, -0.2) is 18.6 Å². The Morgan fingerprint density at radius 2 is 1.83 bits per heavy atom. The van der Waals surface area contributed by atoms with E-state index in [-0.39, 0.29) is 0 Å². The number of hydroxylamine groups is 1. The molecule has 6 nitrogen and oxygen atoms in total. The van der Waals surface area contributed by atoms with Crippen molar-refractivity contribution < 1.29 is 18.4 Å². The van der Waals surface area contributed by atoms with Crippen molar-refractivity contribution in [2.75, 3.05) is 6.54 Å². The maximum Gasteiger partial charge on any atom is 0.258 e. The molecule has 0 spiro atoms. The summed E-state index contributed by atoms with van der Waals surface area (Å²) in [6, 6.07) is 9.09. The van der Waals surface area contributed by atoms with Crippen LogP contribution >= 0.6 is 0 Å². The number of carbonyl (C=O) groups is 1. The summed E-state index contributed by atoms with van der Waals surface area (Å²) in [6.45, 7) is -0.465. The summed E-state index contributed by atoms with van der Waals surface area (Å²) in [7, 11) is -3.70. The quantitative estimate of drug-likeness (QED) is 0.523. The number of sulfonamides is 1. The smallest absolute Gasteiger partial charge is 0.258 e. The number of rotatable bonds is 7. The Balaban J connectivity index is 2.16. The summed E-state index contributed by atoms with van der Waals surface area (Å²) in [4.78, 5) is 11.1. The van der Waals surface area contributed by atoms with E-state index in [0.29, 0.717) is 12.3 Å². The highest BCUT2D eigenvalue weighted by atomic mass is 32.2.